The molecule has 1 aromatic heterocycles. The van der Waals surface area contributed by atoms with Crippen molar-refractivity contribution in [2.45, 2.75) is 4.90 Å². The molecular formula is C24H16N2O3S2. The van der Waals surface area contributed by atoms with E-state index in [-0.39, 0.29) is 22.7 Å². The van der Waals surface area contributed by atoms with Crippen molar-refractivity contribution in [3.8, 4) is 0 Å². The molecule has 1 aliphatic carbocycles. The van der Waals surface area contributed by atoms with Crippen LogP contribution >= 0.6 is 24.0 Å². The number of hydrogen-bond donors (Lipinski definition) is 2. The van der Waals surface area contributed by atoms with Crippen LogP contribution in [0.4, 0.5) is 5.69 Å². The Morgan fingerprint density at radius 3 is 2.35 bits per heavy atom. The molecule has 1 N–H and O–H groups in total. The van der Waals surface area contributed by atoms with Gasteiger partial charge < -0.3 is 5.32 Å². The van der Waals surface area contributed by atoms with Gasteiger partial charge in [-0.05, 0) is 30.3 Å². The number of carbonyl (C=O) groups excluding carboxylic acids is 3. The summed E-state index contributed by atoms with van der Waals surface area (Å²) in [5, 5.41) is 2.57. The number of nitrogens with one attached hydrogen (secondary N) is 1. The Morgan fingerprint density at radius 2 is 1.61 bits per heavy atom. The topological polar surface area (TPSA) is 76.1 Å². The van der Waals surface area contributed by atoms with Gasteiger partial charge in [-0.1, -0.05) is 43.0 Å². The summed E-state index contributed by atoms with van der Waals surface area (Å²) in [6, 6.07) is 17.8. The summed E-state index contributed by atoms with van der Waals surface area (Å²) in [6.45, 7) is 3.38. The summed E-state index contributed by atoms with van der Waals surface area (Å²) in [6.07, 6.45) is 1.11. The number of fused-ring (bicyclic) bond motifs is 3. The number of carbonyl (C=O) groups is 3. The number of ketones is 2. The lowest BCUT2D eigenvalue weighted by atomic mass is 9.83. The van der Waals surface area contributed by atoms with Crippen molar-refractivity contribution in [1.29, 1.82) is 0 Å². The number of para-hydroxylation sites is 1. The highest BCUT2D eigenvalue weighted by Gasteiger charge is 2.33. The van der Waals surface area contributed by atoms with E-state index in [1.807, 2.05) is 23.7 Å². The third-order valence-corrected chi connectivity index (χ3v) is 5.91. The van der Waals surface area contributed by atoms with E-state index in [0.29, 0.717) is 21.7 Å². The van der Waals surface area contributed by atoms with E-state index < -0.39 is 5.91 Å². The van der Waals surface area contributed by atoms with Crippen LogP contribution in [-0.4, -0.2) is 22.5 Å². The number of rotatable bonds is 2. The summed E-state index contributed by atoms with van der Waals surface area (Å²) < 4.78 is 1.26. The minimum atomic E-state index is -0.442. The number of thiazole rings is 1. The van der Waals surface area contributed by atoms with Gasteiger partial charge in [-0.25, -0.2) is 4.98 Å². The minimum absolute atomic E-state index is 0.203. The molecule has 0 saturated heterocycles. The molecule has 1 amide bonds. The number of anilines is 1. The summed E-state index contributed by atoms with van der Waals surface area (Å²) in [5.74, 6) is -1.02. The Bertz CT molecular complexity index is 1330. The van der Waals surface area contributed by atoms with Crippen molar-refractivity contribution in [2.24, 2.45) is 0 Å². The fourth-order valence-corrected chi connectivity index (χ4v) is 4.30. The van der Waals surface area contributed by atoms with E-state index in [4.69, 9.17) is 0 Å². The summed E-state index contributed by atoms with van der Waals surface area (Å²) in [5.41, 5.74) is 4.33. The van der Waals surface area contributed by atoms with Crippen LogP contribution in [0.1, 0.15) is 31.8 Å². The second kappa shape index (κ2) is 8.67. The number of benzene rings is 3. The third kappa shape index (κ3) is 3.93. The molecule has 4 aromatic rings. The van der Waals surface area contributed by atoms with Crippen LogP contribution in [0.5, 0.6) is 0 Å². The number of hydrogen-bond acceptors (Lipinski definition) is 6. The lowest BCUT2D eigenvalue weighted by molar-refractivity contribution is -0.111. The Balaban J connectivity index is 0.000000212. The molecule has 0 atom stereocenters. The minimum Gasteiger partial charge on any atom is -0.322 e. The van der Waals surface area contributed by atoms with Crippen molar-refractivity contribution in [2.75, 3.05) is 5.32 Å². The zero-order valence-electron chi connectivity index (χ0n) is 16.2. The van der Waals surface area contributed by atoms with E-state index in [1.165, 1.54) is 4.70 Å². The van der Waals surface area contributed by atoms with Crippen LogP contribution in [0, 0.1) is 0 Å². The van der Waals surface area contributed by atoms with Crippen LogP contribution in [0.2, 0.25) is 0 Å². The first-order valence-corrected chi connectivity index (χ1v) is 10.6. The molecule has 0 saturated carbocycles. The zero-order chi connectivity index (χ0) is 22.0. The molecule has 7 heteroatoms. The smallest absolute Gasteiger partial charge is 0.247 e. The molecule has 3 aromatic carbocycles. The number of amides is 1. The van der Waals surface area contributed by atoms with Crippen LogP contribution in [-0.2, 0) is 4.79 Å². The van der Waals surface area contributed by atoms with Gasteiger partial charge in [0.15, 0.2) is 11.6 Å². The molecule has 0 spiro atoms. The summed E-state index contributed by atoms with van der Waals surface area (Å²) in [4.78, 5) is 41.5. The monoisotopic (exact) mass is 444 g/mol. The molecule has 1 aliphatic rings. The summed E-state index contributed by atoms with van der Waals surface area (Å²) in [7, 11) is 0. The van der Waals surface area contributed by atoms with E-state index in [9.17, 15) is 14.4 Å². The lowest BCUT2D eigenvalue weighted by Gasteiger charge is -2.21. The molecule has 0 fully saturated rings. The average molecular weight is 445 g/mol. The highest BCUT2D eigenvalue weighted by Crippen LogP contribution is 2.34. The van der Waals surface area contributed by atoms with Gasteiger partial charge in [-0.3, -0.25) is 14.4 Å². The van der Waals surface area contributed by atoms with Crippen molar-refractivity contribution in [3.05, 3.63) is 101 Å². The van der Waals surface area contributed by atoms with Crippen LogP contribution < -0.4 is 5.32 Å². The van der Waals surface area contributed by atoms with Gasteiger partial charge in [0.25, 0.3) is 0 Å². The maximum atomic E-state index is 12.7. The van der Waals surface area contributed by atoms with Gasteiger partial charge in [-0.15, -0.1) is 24.0 Å². The fourth-order valence-electron chi connectivity index (χ4n) is 3.31. The van der Waals surface area contributed by atoms with E-state index >= 15 is 0 Å². The molecule has 0 radical (unpaired) electrons. The molecule has 31 heavy (non-hydrogen) atoms. The van der Waals surface area contributed by atoms with Gasteiger partial charge in [0.05, 0.1) is 27.0 Å². The van der Waals surface area contributed by atoms with Crippen molar-refractivity contribution >= 4 is 57.3 Å². The SMILES string of the molecule is C=CC(=O)Nc1cccc2c1C(=O)c1cccc(S)c1C2=O.c1ccc2scnc2c1. The fraction of sp³-hybridized carbons (Fsp3) is 0. The van der Waals surface area contributed by atoms with Crippen LogP contribution in [0.3, 0.4) is 0 Å². The van der Waals surface area contributed by atoms with Crippen LogP contribution in [0.15, 0.2) is 83.7 Å². The van der Waals surface area contributed by atoms with Crippen molar-refractivity contribution in [1.82, 2.24) is 4.98 Å². The Morgan fingerprint density at radius 1 is 0.935 bits per heavy atom. The standard InChI is InChI=1S/C17H11NO3S.C7H5NS/c1-2-13(19)18-11-7-3-5-9-14(11)16(20)10-6-4-8-12(22)15(10)17(9)21;1-2-4-7-6(3-1)8-5-9-7/h2-8,22H,1H2,(H,18,19);1-5H. The molecule has 1 heterocycles. The second-order valence-corrected chi connectivity index (χ2v) is 7.97. The second-order valence-electron chi connectivity index (χ2n) is 6.60. The first kappa shape index (κ1) is 20.7. The Hall–Kier alpha value is -3.55. The molecule has 0 unspecified atom stereocenters. The quantitative estimate of drug-likeness (QED) is 0.291. The Kier molecular flexibility index (Phi) is 5.79. The molecule has 0 aliphatic heterocycles. The zero-order valence-corrected chi connectivity index (χ0v) is 17.9. The van der Waals surface area contributed by atoms with Gasteiger partial charge in [0, 0.05) is 21.6 Å². The number of aromatic nitrogens is 1. The first-order chi connectivity index (χ1) is 15.0. The Labute approximate surface area is 187 Å². The largest absolute Gasteiger partial charge is 0.322 e. The molecule has 5 nitrogen and oxygen atoms in total. The van der Waals surface area contributed by atoms with Gasteiger partial charge in [-0.2, -0.15) is 0 Å². The number of thiol groups is 1. The van der Waals surface area contributed by atoms with E-state index in [0.717, 1.165) is 11.6 Å². The van der Waals surface area contributed by atoms with Gasteiger partial charge in [0.2, 0.25) is 5.91 Å². The van der Waals surface area contributed by atoms with Crippen molar-refractivity contribution in [3.63, 3.8) is 0 Å². The highest BCUT2D eigenvalue weighted by molar-refractivity contribution is 7.80. The van der Waals surface area contributed by atoms with E-state index in [2.05, 4.69) is 35.6 Å². The predicted molar refractivity (Wildman–Crippen MR) is 125 cm³/mol. The van der Waals surface area contributed by atoms with Crippen LogP contribution in [0.25, 0.3) is 10.2 Å². The molecular weight excluding hydrogens is 428 g/mol. The normalized spacial score (nSPS) is 11.8. The maximum absolute atomic E-state index is 12.7. The predicted octanol–water partition coefficient (Wildman–Crippen LogP) is 5.17. The highest BCUT2D eigenvalue weighted by atomic mass is 32.1. The molecule has 152 valence electrons. The van der Waals surface area contributed by atoms with E-state index in [1.54, 1.807) is 47.7 Å². The number of nitrogens with zero attached hydrogens (tertiary/aromatic N) is 1. The summed E-state index contributed by atoms with van der Waals surface area (Å²) >= 11 is 5.94. The van der Waals surface area contributed by atoms with Gasteiger partial charge >= 0.3 is 0 Å². The average Bonchev–Trinajstić information content (AvgIpc) is 3.26. The lowest BCUT2D eigenvalue weighted by Crippen LogP contribution is -2.24. The third-order valence-electron chi connectivity index (χ3n) is 4.73. The maximum Gasteiger partial charge on any atom is 0.247 e. The first-order valence-electron chi connectivity index (χ1n) is 9.27. The van der Waals surface area contributed by atoms with Gasteiger partial charge in [0.1, 0.15) is 0 Å². The molecule has 0 bridgehead atoms. The van der Waals surface area contributed by atoms with Crippen molar-refractivity contribution < 1.29 is 14.4 Å². The molecule has 5 rings (SSSR count).